The topological polar surface area (TPSA) is 90.2 Å². The number of nitrogens with zero attached hydrogens (tertiary/aromatic N) is 2. The fraction of sp³-hybridized carbons (Fsp3) is 0.406. The highest BCUT2D eigenvalue weighted by atomic mass is 35.5. The number of rotatable bonds is 15. The van der Waals surface area contributed by atoms with E-state index in [0.717, 1.165) is 31.3 Å². The average Bonchev–Trinajstić information content (AvgIpc) is 2.95. The van der Waals surface area contributed by atoms with Crippen molar-refractivity contribution in [3.05, 3.63) is 93.4 Å². The third-order valence-electron chi connectivity index (χ3n) is 5.54. The van der Waals surface area contributed by atoms with Crippen LogP contribution in [-0.4, -0.2) is 33.9 Å². The van der Waals surface area contributed by atoms with Gasteiger partial charge in [0.05, 0.1) is 5.56 Å². The summed E-state index contributed by atoms with van der Waals surface area (Å²) in [4.78, 5) is 24.3. The van der Waals surface area contributed by atoms with Crippen LogP contribution in [-0.2, 0) is 6.54 Å². The van der Waals surface area contributed by atoms with Gasteiger partial charge < -0.3 is 10.2 Å². The molecule has 39 heavy (non-hydrogen) atoms. The Morgan fingerprint density at radius 2 is 1.85 bits per heavy atom. The molecular formula is C32H43ClN2O4. The maximum Gasteiger partial charge on any atom is 0.338 e. The summed E-state index contributed by atoms with van der Waals surface area (Å²) in [5, 5.41) is 23.7. The largest absolute Gasteiger partial charge is 0.478 e. The Bertz CT molecular complexity index is 1110. The molecule has 1 rings (SSSR count). The molecule has 0 radical (unpaired) electrons. The van der Waals surface area contributed by atoms with Crippen molar-refractivity contribution < 1.29 is 15.0 Å². The van der Waals surface area contributed by atoms with E-state index in [4.69, 9.17) is 11.6 Å². The first-order valence-corrected chi connectivity index (χ1v) is 13.8. The van der Waals surface area contributed by atoms with Gasteiger partial charge in [-0.3, -0.25) is 4.90 Å². The average molecular weight is 555 g/mol. The Hall–Kier alpha value is -3.24. The molecule has 0 heterocycles. The van der Waals surface area contributed by atoms with Gasteiger partial charge in [0.1, 0.15) is 11.9 Å². The first kappa shape index (κ1) is 35.8. The van der Waals surface area contributed by atoms with Crippen molar-refractivity contribution in [3.8, 4) is 11.8 Å². The Labute approximate surface area is 239 Å². The lowest BCUT2D eigenvalue weighted by atomic mass is 10.1. The number of aliphatic hydroxyl groups is 1. The molecule has 0 aromatic heterocycles. The number of hydrogen-bond donors (Lipinski definition) is 2. The Morgan fingerprint density at radius 3 is 2.44 bits per heavy atom. The second-order valence-corrected chi connectivity index (χ2v) is 8.86. The third-order valence-corrected chi connectivity index (χ3v) is 5.88. The number of hydrogen-bond acceptors (Lipinski definition) is 5. The molecule has 1 unspecified atom stereocenters. The smallest absolute Gasteiger partial charge is 0.338 e. The van der Waals surface area contributed by atoms with Gasteiger partial charge in [-0.15, -0.1) is 4.91 Å². The predicted octanol–water partition coefficient (Wildman–Crippen LogP) is 8.66. The van der Waals surface area contributed by atoms with Crippen LogP contribution >= 0.6 is 11.6 Å². The molecule has 0 spiro atoms. The van der Waals surface area contributed by atoms with Gasteiger partial charge in [-0.2, -0.15) is 0 Å². The summed E-state index contributed by atoms with van der Waals surface area (Å²) in [5.74, 6) is 4.83. The van der Waals surface area contributed by atoms with Crippen molar-refractivity contribution >= 4 is 23.3 Å². The van der Waals surface area contributed by atoms with Gasteiger partial charge >= 0.3 is 5.97 Å². The number of carbonyl (C=O) groups is 1. The van der Waals surface area contributed by atoms with Crippen molar-refractivity contribution in [2.45, 2.75) is 79.5 Å². The molecule has 6 nitrogen and oxygen atoms in total. The fourth-order valence-electron chi connectivity index (χ4n) is 3.39. The third kappa shape index (κ3) is 15.1. The van der Waals surface area contributed by atoms with Crippen LogP contribution in [0.2, 0.25) is 0 Å². The van der Waals surface area contributed by atoms with Crippen LogP contribution in [0.5, 0.6) is 0 Å². The molecule has 0 aliphatic heterocycles. The van der Waals surface area contributed by atoms with E-state index < -0.39 is 12.2 Å². The maximum atomic E-state index is 11.5. The van der Waals surface area contributed by atoms with Gasteiger partial charge in [-0.25, -0.2) is 4.79 Å². The van der Waals surface area contributed by atoms with E-state index in [1.54, 1.807) is 24.3 Å². The van der Waals surface area contributed by atoms with Gasteiger partial charge in [0.15, 0.2) is 0 Å². The quantitative estimate of drug-likeness (QED) is 0.0744. The monoisotopic (exact) mass is 554 g/mol. The fourth-order valence-corrected chi connectivity index (χ4v) is 3.45. The highest BCUT2D eigenvalue weighted by molar-refractivity contribution is 6.31. The first-order valence-electron chi connectivity index (χ1n) is 13.4. The standard InChI is InChI=1S/C30H37ClN2O4.C2H6/c1-5-8-9-10-20-33(22-25-17-19-28(32-37)27(21-25)30(35)36)29(34)13-11-12-24(6-2)16-14-23(4)15-18-26(31)7-3;1-2/h6-7,11-12,15,17-19,21,29,34H,4-5,8-10,13,20,22H2,1-3H3,(H,35,36);1-2H3/b12-11-,18-15-,24-6+,26-7+;. The molecule has 0 aliphatic rings. The highest BCUT2D eigenvalue weighted by Crippen LogP contribution is 2.22. The minimum absolute atomic E-state index is 0.114. The molecule has 212 valence electrons. The summed E-state index contributed by atoms with van der Waals surface area (Å²) in [6.07, 6.45) is 14.6. The van der Waals surface area contributed by atoms with Crippen molar-refractivity contribution in [2.24, 2.45) is 5.18 Å². The minimum atomic E-state index is -1.21. The highest BCUT2D eigenvalue weighted by Gasteiger charge is 2.17. The van der Waals surface area contributed by atoms with Crippen LogP contribution in [0, 0.1) is 16.7 Å². The Morgan fingerprint density at radius 1 is 1.13 bits per heavy atom. The molecule has 0 aliphatic carbocycles. The summed E-state index contributed by atoms with van der Waals surface area (Å²) in [5.41, 5.74) is 1.85. The van der Waals surface area contributed by atoms with Crippen molar-refractivity contribution in [2.75, 3.05) is 6.54 Å². The number of aliphatic hydroxyl groups excluding tert-OH is 1. The zero-order chi connectivity index (χ0) is 29.6. The summed E-state index contributed by atoms with van der Waals surface area (Å²) >= 11 is 5.95. The van der Waals surface area contributed by atoms with Crippen LogP contribution in [0.4, 0.5) is 5.69 Å². The molecule has 0 saturated heterocycles. The number of halogens is 1. The van der Waals surface area contributed by atoms with Crippen LogP contribution in [0.25, 0.3) is 0 Å². The first-order chi connectivity index (χ1) is 18.7. The van der Waals surface area contributed by atoms with Gasteiger partial charge in [-0.1, -0.05) is 100 Å². The van der Waals surface area contributed by atoms with E-state index in [9.17, 15) is 19.9 Å². The van der Waals surface area contributed by atoms with Gasteiger partial charge in [-0.05, 0) is 55.3 Å². The zero-order valence-corrected chi connectivity index (χ0v) is 24.7. The Kier molecular flexibility index (Phi) is 19.9. The number of carboxylic acid groups (broad SMARTS) is 1. The Balaban J connectivity index is 0.00000704. The molecule has 2 N–H and O–H groups in total. The van der Waals surface area contributed by atoms with Crippen molar-refractivity contribution in [1.29, 1.82) is 0 Å². The second kappa shape index (κ2) is 21.7. The van der Waals surface area contributed by atoms with E-state index in [2.05, 4.69) is 30.5 Å². The lowest BCUT2D eigenvalue weighted by molar-refractivity contribution is -0.000773. The number of nitroso groups, excluding NO2 is 1. The normalized spacial score (nSPS) is 12.6. The number of unbranched alkanes of at least 4 members (excludes halogenated alkanes) is 3. The molecule has 0 amide bonds. The molecule has 0 fully saturated rings. The van der Waals surface area contributed by atoms with E-state index in [0.29, 0.717) is 35.7 Å². The summed E-state index contributed by atoms with van der Waals surface area (Å²) in [6, 6.07) is 4.52. The molecule has 1 atom stereocenters. The van der Waals surface area contributed by atoms with E-state index in [1.807, 2.05) is 50.8 Å². The van der Waals surface area contributed by atoms with Crippen LogP contribution in [0.3, 0.4) is 0 Å². The van der Waals surface area contributed by atoms with E-state index in [-0.39, 0.29) is 11.3 Å². The number of aromatic carboxylic acids is 1. The van der Waals surface area contributed by atoms with Crippen LogP contribution in [0.1, 0.15) is 82.6 Å². The predicted molar refractivity (Wildman–Crippen MR) is 164 cm³/mol. The lowest BCUT2D eigenvalue weighted by Gasteiger charge is -2.27. The summed E-state index contributed by atoms with van der Waals surface area (Å²) in [6.45, 7) is 14.8. The molecule has 7 heteroatoms. The summed E-state index contributed by atoms with van der Waals surface area (Å²) < 4.78 is 0. The number of benzene rings is 1. The molecule has 0 bridgehead atoms. The maximum absolute atomic E-state index is 11.5. The van der Waals surface area contributed by atoms with Crippen LogP contribution in [0.15, 0.2) is 82.6 Å². The number of allylic oxidation sites excluding steroid dienone is 8. The van der Waals surface area contributed by atoms with Crippen molar-refractivity contribution in [1.82, 2.24) is 4.90 Å². The van der Waals surface area contributed by atoms with E-state index in [1.165, 1.54) is 12.1 Å². The minimum Gasteiger partial charge on any atom is -0.478 e. The molecule has 1 aromatic rings. The van der Waals surface area contributed by atoms with Crippen LogP contribution < -0.4 is 0 Å². The van der Waals surface area contributed by atoms with Crippen molar-refractivity contribution in [3.63, 3.8) is 0 Å². The summed E-state index contributed by atoms with van der Waals surface area (Å²) in [7, 11) is 0. The van der Waals surface area contributed by atoms with Gasteiger partial charge in [0, 0.05) is 35.7 Å². The second-order valence-electron chi connectivity index (χ2n) is 8.42. The molecule has 0 saturated carbocycles. The van der Waals surface area contributed by atoms with E-state index >= 15 is 0 Å². The molecule has 1 aromatic carbocycles. The lowest BCUT2D eigenvalue weighted by Crippen LogP contribution is -2.35. The number of carboxylic acids is 1. The SMILES string of the molecule is C=C(C#CC(/C=C\CC(O)N(CCCCCC)Cc1ccc(N=O)c(C(=O)O)c1)=C/C)/C=C\C(Cl)=C/C.CC. The van der Waals surface area contributed by atoms with Gasteiger partial charge in [0.25, 0.3) is 0 Å². The van der Waals surface area contributed by atoms with Gasteiger partial charge in [0.2, 0.25) is 0 Å². The molecular weight excluding hydrogens is 512 g/mol. The zero-order valence-electron chi connectivity index (χ0n) is 23.9.